The van der Waals surface area contributed by atoms with Crippen LogP contribution in [-0.4, -0.2) is 17.2 Å². The lowest BCUT2D eigenvalue weighted by molar-refractivity contribution is -0.124. The second kappa shape index (κ2) is 5.61. The van der Waals surface area contributed by atoms with Gasteiger partial charge >= 0.3 is 0 Å². The summed E-state index contributed by atoms with van der Waals surface area (Å²) in [6, 6.07) is 9.71. The van der Waals surface area contributed by atoms with E-state index in [9.17, 15) is 9.59 Å². The molecule has 0 saturated heterocycles. The lowest BCUT2D eigenvalue weighted by Gasteiger charge is -2.24. The Bertz CT molecular complexity index is 515. The molecule has 0 heterocycles. The lowest BCUT2D eigenvalue weighted by Crippen LogP contribution is -2.26. The molecule has 0 aromatic heterocycles. The highest BCUT2D eigenvalue weighted by Gasteiger charge is 2.32. The predicted molar refractivity (Wildman–Crippen MR) is 77.4 cm³/mol. The molecule has 1 aliphatic rings. The largest absolute Gasteiger partial charge is 0.495 e. The van der Waals surface area contributed by atoms with Crippen molar-refractivity contribution in [2.75, 3.05) is 0 Å². The van der Waals surface area contributed by atoms with Crippen molar-refractivity contribution in [3.05, 3.63) is 47.7 Å². The summed E-state index contributed by atoms with van der Waals surface area (Å²) in [6.45, 7) is 5.65. The summed E-state index contributed by atoms with van der Waals surface area (Å²) in [4.78, 5) is 24.3. The van der Waals surface area contributed by atoms with E-state index in [1.54, 1.807) is 0 Å². The van der Waals surface area contributed by atoms with E-state index in [4.69, 9.17) is 4.74 Å². The molecular formula is C17H20O3. The molecule has 1 aromatic carbocycles. The number of Topliss-reactive ketones (excluding diaryl/α,β-unsaturated/α-hetero) is 2. The number of hydrogen-bond acceptors (Lipinski definition) is 3. The highest BCUT2D eigenvalue weighted by Crippen LogP contribution is 2.31. The van der Waals surface area contributed by atoms with Gasteiger partial charge in [0.25, 0.3) is 0 Å². The zero-order valence-electron chi connectivity index (χ0n) is 12.2. The fourth-order valence-corrected chi connectivity index (χ4v) is 2.22. The zero-order chi connectivity index (χ0) is 14.8. The minimum Gasteiger partial charge on any atom is -0.495 e. The maximum absolute atomic E-state index is 12.1. The molecule has 0 atom stereocenters. The van der Waals surface area contributed by atoms with E-state index in [1.165, 1.54) is 6.26 Å². The van der Waals surface area contributed by atoms with Crippen LogP contribution in [0, 0.1) is 0 Å². The van der Waals surface area contributed by atoms with Crippen LogP contribution >= 0.6 is 0 Å². The van der Waals surface area contributed by atoms with E-state index in [0.29, 0.717) is 12.8 Å². The Labute approximate surface area is 119 Å². The smallest absolute Gasteiger partial charge is 0.170 e. The van der Waals surface area contributed by atoms with Gasteiger partial charge in [0.2, 0.25) is 0 Å². The Kier molecular flexibility index (Phi) is 4.07. The third kappa shape index (κ3) is 3.56. The van der Waals surface area contributed by atoms with Crippen molar-refractivity contribution in [3.63, 3.8) is 0 Å². The summed E-state index contributed by atoms with van der Waals surface area (Å²) in [7, 11) is 0. The molecule has 20 heavy (non-hydrogen) atoms. The minimum atomic E-state index is -0.399. The van der Waals surface area contributed by atoms with Crippen LogP contribution in [0.2, 0.25) is 0 Å². The van der Waals surface area contributed by atoms with Gasteiger partial charge in [0.05, 0.1) is 17.4 Å². The van der Waals surface area contributed by atoms with E-state index in [0.717, 1.165) is 5.56 Å². The van der Waals surface area contributed by atoms with Crippen LogP contribution in [0.4, 0.5) is 0 Å². The molecule has 1 saturated carbocycles. The maximum atomic E-state index is 12.1. The van der Waals surface area contributed by atoms with Crippen molar-refractivity contribution in [1.29, 1.82) is 0 Å². The van der Waals surface area contributed by atoms with Gasteiger partial charge in [0.15, 0.2) is 11.6 Å². The third-order valence-electron chi connectivity index (χ3n) is 3.27. The molecule has 106 valence electrons. The normalized spacial score (nSPS) is 19.9. The number of ketones is 2. The Morgan fingerprint density at radius 2 is 1.60 bits per heavy atom. The van der Waals surface area contributed by atoms with Gasteiger partial charge in [-0.1, -0.05) is 30.3 Å². The summed E-state index contributed by atoms with van der Waals surface area (Å²) in [6.07, 6.45) is 2.08. The van der Waals surface area contributed by atoms with Crippen LogP contribution in [0.15, 0.2) is 42.2 Å². The number of carbonyl (C=O) groups is 2. The monoisotopic (exact) mass is 272 g/mol. The molecule has 0 radical (unpaired) electrons. The van der Waals surface area contributed by atoms with Gasteiger partial charge in [-0.05, 0) is 32.3 Å². The molecule has 1 aromatic rings. The van der Waals surface area contributed by atoms with Gasteiger partial charge in [0, 0.05) is 12.8 Å². The Hall–Kier alpha value is -1.90. The Morgan fingerprint density at radius 1 is 1.05 bits per heavy atom. The highest BCUT2D eigenvalue weighted by atomic mass is 16.5. The first kappa shape index (κ1) is 14.5. The summed E-state index contributed by atoms with van der Waals surface area (Å²) in [5, 5.41) is 0. The topological polar surface area (TPSA) is 43.4 Å². The van der Waals surface area contributed by atoms with Crippen molar-refractivity contribution < 1.29 is 14.3 Å². The van der Waals surface area contributed by atoms with Crippen molar-refractivity contribution in [3.8, 4) is 0 Å². The van der Waals surface area contributed by atoms with Crippen molar-refractivity contribution in [2.24, 2.45) is 0 Å². The third-order valence-corrected chi connectivity index (χ3v) is 3.27. The van der Waals surface area contributed by atoms with Crippen LogP contribution < -0.4 is 0 Å². The van der Waals surface area contributed by atoms with Gasteiger partial charge < -0.3 is 4.74 Å². The van der Waals surface area contributed by atoms with E-state index >= 15 is 0 Å². The first-order chi connectivity index (χ1) is 9.37. The summed E-state index contributed by atoms with van der Waals surface area (Å²) in [5.74, 6) is -0.262. The number of hydrogen-bond donors (Lipinski definition) is 0. The molecule has 0 spiro atoms. The van der Waals surface area contributed by atoms with Gasteiger partial charge in [-0.2, -0.15) is 0 Å². The first-order valence-electron chi connectivity index (χ1n) is 6.86. The Morgan fingerprint density at radius 3 is 2.10 bits per heavy atom. The second-order valence-corrected chi connectivity index (χ2v) is 6.12. The average Bonchev–Trinajstić information content (AvgIpc) is 2.37. The molecule has 0 amide bonds. The standard InChI is InChI=1S/C17H20O3/c1-17(2,3)20-11-14-15(18)9-13(10-16(14)19)12-7-5-4-6-8-12/h4-8,11,13H,9-10H2,1-3H3. The molecule has 1 fully saturated rings. The number of carbonyl (C=O) groups excluding carboxylic acids is 2. The zero-order valence-corrected chi connectivity index (χ0v) is 12.2. The van der Waals surface area contributed by atoms with Gasteiger partial charge in [-0.3, -0.25) is 9.59 Å². The second-order valence-electron chi connectivity index (χ2n) is 6.12. The molecule has 0 unspecified atom stereocenters. The fourth-order valence-electron chi connectivity index (χ4n) is 2.22. The van der Waals surface area contributed by atoms with Gasteiger partial charge in [-0.25, -0.2) is 0 Å². The molecule has 0 N–H and O–H groups in total. The van der Waals surface area contributed by atoms with Crippen LogP contribution in [0.25, 0.3) is 0 Å². The summed E-state index contributed by atoms with van der Waals surface area (Å²) >= 11 is 0. The van der Waals surface area contributed by atoms with Crippen LogP contribution in [0.3, 0.4) is 0 Å². The van der Waals surface area contributed by atoms with Crippen molar-refractivity contribution >= 4 is 11.6 Å². The van der Waals surface area contributed by atoms with Crippen molar-refractivity contribution in [1.82, 2.24) is 0 Å². The molecule has 0 aliphatic heterocycles. The molecule has 1 aliphatic carbocycles. The summed E-state index contributed by atoms with van der Waals surface area (Å²) < 4.78 is 5.45. The maximum Gasteiger partial charge on any atom is 0.170 e. The van der Waals surface area contributed by atoms with Gasteiger partial charge in [0.1, 0.15) is 0 Å². The van der Waals surface area contributed by atoms with E-state index < -0.39 is 5.60 Å². The van der Waals surface area contributed by atoms with E-state index in [1.807, 2.05) is 51.1 Å². The molecular weight excluding hydrogens is 252 g/mol. The lowest BCUT2D eigenvalue weighted by atomic mass is 9.80. The Balaban J connectivity index is 2.13. The van der Waals surface area contributed by atoms with E-state index in [-0.39, 0.29) is 23.1 Å². The van der Waals surface area contributed by atoms with E-state index in [2.05, 4.69) is 0 Å². The molecule has 3 nitrogen and oxygen atoms in total. The molecule has 0 bridgehead atoms. The fraction of sp³-hybridized carbons (Fsp3) is 0.412. The quantitative estimate of drug-likeness (QED) is 0.471. The minimum absolute atomic E-state index is 0.0111. The number of benzene rings is 1. The average molecular weight is 272 g/mol. The summed E-state index contributed by atoms with van der Waals surface area (Å²) in [5.41, 5.74) is 0.848. The number of allylic oxidation sites excluding steroid dienone is 1. The van der Waals surface area contributed by atoms with Crippen LogP contribution in [0.5, 0.6) is 0 Å². The first-order valence-corrected chi connectivity index (χ1v) is 6.86. The molecule has 2 rings (SSSR count). The predicted octanol–water partition coefficient (Wildman–Crippen LogP) is 3.40. The van der Waals surface area contributed by atoms with Crippen LogP contribution in [0.1, 0.15) is 45.1 Å². The van der Waals surface area contributed by atoms with Crippen LogP contribution in [-0.2, 0) is 14.3 Å². The SMILES string of the molecule is CC(C)(C)OC=C1C(=O)CC(c2ccccc2)CC1=O. The highest BCUT2D eigenvalue weighted by molar-refractivity contribution is 6.22. The van der Waals surface area contributed by atoms with Crippen molar-refractivity contribution in [2.45, 2.75) is 45.1 Å². The van der Waals surface area contributed by atoms with Gasteiger partial charge in [-0.15, -0.1) is 0 Å². The number of ether oxygens (including phenoxy) is 1. The number of rotatable bonds is 2. The molecule has 3 heteroatoms.